The number of furan rings is 1. The summed E-state index contributed by atoms with van der Waals surface area (Å²) in [5.41, 5.74) is 5.26. The molecule has 0 unspecified atom stereocenters. The molecular formula is C24H26F3N3O3. The van der Waals surface area contributed by atoms with Gasteiger partial charge in [-0.2, -0.15) is 13.2 Å². The molecule has 2 aromatic heterocycles. The highest BCUT2D eigenvalue weighted by Crippen LogP contribution is 2.39. The van der Waals surface area contributed by atoms with Crippen LogP contribution >= 0.6 is 0 Å². The molecule has 3 aromatic rings. The Bertz CT molecular complexity index is 1090. The number of amides is 1. The van der Waals surface area contributed by atoms with Crippen LogP contribution in [0.3, 0.4) is 0 Å². The molecule has 1 atom stereocenters. The predicted octanol–water partition coefficient (Wildman–Crippen LogP) is 5.76. The van der Waals surface area contributed by atoms with E-state index in [0.717, 1.165) is 6.07 Å². The molecule has 33 heavy (non-hydrogen) atoms. The molecule has 9 heteroatoms. The summed E-state index contributed by atoms with van der Waals surface area (Å²) in [6.07, 6.45) is -1.26. The highest BCUT2D eigenvalue weighted by molar-refractivity contribution is 6.01. The third kappa shape index (κ3) is 6.58. The fourth-order valence-corrected chi connectivity index (χ4v) is 3.56. The Morgan fingerprint density at radius 2 is 1.91 bits per heavy atom. The summed E-state index contributed by atoms with van der Waals surface area (Å²) < 4.78 is 51.9. The molecule has 0 aliphatic heterocycles. The van der Waals surface area contributed by atoms with Crippen molar-refractivity contribution in [2.45, 2.75) is 38.9 Å². The van der Waals surface area contributed by atoms with E-state index in [-0.39, 0.29) is 29.9 Å². The fraction of sp³-hybridized carbons (Fsp3) is 0.333. The fourth-order valence-electron chi connectivity index (χ4n) is 3.56. The second kappa shape index (κ2) is 9.66. The minimum absolute atomic E-state index is 0.0498. The van der Waals surface area contributed by atoms with Crippen LogP contribution < -0.4 is 15.8 Å². The van der Waals surface area contributed by atoms with E-state index >= 15 is 0 Å². The van der Waals surface area contributed by atoms with Crippen LogP contribution in [0.1, 0.15) is 43.3 Å². The van der Waals surface area contributed by atoms with Gasteiger partial charge in [-0.05, 0) is 66.8 Å². The third-order valence-electron chi connectivity index (χ3n) is 4.80. The molecule has 0 saturated heterocycles. The molecule has 176 valence electrons. The molecule has 0 radical (unpaired) electrons. The van der Waals surface area contributed by atoms with E-state index < -0.39 is 23.2 Å². The average Bonchev–Trinajstić information content (AvgIpc) is 3.26. The van der Waals surface area contributed by atoms with Crippen molar-refractivity contribution in [3.63, 3.8) is 0 Å². The number of carbonyl (C=O) groups excluding carboxylic acids is 1. The Labute approximate surface area is 190 Å². The van der Waals surface area contributed by atoms with Crippen LogP contribution in [0.4, 0.5) is 19.0 Å². The van der Waals surface area contributed by atoms with Crippen LogP contribution in [0.2, 0.25) is 0 Å². The van der Waals surface area contributed by atoms with Crippen LogP contribution in [0, 0.1) is 5.92 Å². The zero-order chi connectivity index (χ0) is 24.2. The van der Waals surface area contributed by atoms with Gasteiger partial charge in [0.1, 0.15) is 18.2 Å². The smallest absolute Gasteiger partial charge is 0.419 e. The molecule has 1 amide bonds. The van der Waals surface area contributed by atoms with Crippen LogP contribution in [0.25, 0.3) is 11.1 Å². The average molecular weight is 461 g/mol. The van der Waals surface area contributed by atoms with Crippen LogP contribution in [-0.4, -0.2) is 23.0 Å². The molecule has 0 saturated carbocycles. The van der Waals surface area contributed by atoms with Gasteiger partial charge in [0.15, 0.2) is 5.76 Å². The Kier molecular flexibility index (Phi) is 7.12. The molecular weight excluding hydrogens is 435 g/mol. The van der Waals surface area contributed by atoms with Gasteiger partial charge < -0.3 is 20.2 Å². The van der Waals surface area contributed by atoms with E-state index in [0.29, 0.717) is 17.5 Å². The summed E-state index contributed by atoms with van der Waals surface area (Å²) in [7, 11) is 0. The van der Waals surface area contributed by atoms with Crippen molar-refractivity contribution in [1.29, 1.82) is 0 Å². The summed E-state index contributed by atoms with van der Waals surface area (Å²) in [5.74, 6) is -0.257. The molecule has 6 nitrogen and oxygen atoms in total. The largest absolute Gasteiger partial charge is 0.491 e. The number of rotatable bonds is 8. The van der Waals surface area contributed by atoms with Gasteiger partial charge in [-0.25, -0.2) is 4.98 Å². The van der Waals surface area contributed by atoms with Crippen molar-refractivity contribution in [2.75, 3.05) is 11.9 Å². The highest BCUT2D eigenvalue weighted by atomic mass is 19.4. The number of carbonyl (C=O) groups is 1. The highest BCUT2D eigenvalue weighted by Gasteiger charge is 2.35. The molecule has 0 aliphatic rings. The number of hydrogen-bond donors (Lipinski definition) is 2. The molecule has 0 spiro atoms. The number of nitrogens with two attached hydrogens (primary N) is 1. The summed E-state index contributed by atoms with van der Waals surface area (Å²) in [6.45, 7) is 5.68. The second-order valence-corrected chi connectivity index (χ2v) is 8.61. The lowest BCUT2D eigenvalue weighted by molar-refractivity contribution is -0.139. The Hall–Kier alpha value is -3.33. The monoisotopic (exact) mass is 461 g/mol. The van der Waals surface area contributed by atoms with Gasteiger partial charge in [-0.1, -0.05) is 19.9 Å². The zero-order valence-electron chi connectivity index (χ0n) is 18.6. The third-order valence-corrected chi connectivity index (χ3v) is 4.80. The van der Waals surface area contributed by atoms with Gasteiger partial charge in [0.05, 0.1) is 11.8 Å². The Balaban J connectivity index is 1.85. The molecule has 1 aromatic carbocycles. The Morgan fingerprint density at radius 1 is 1.18 bits per heavy atom. The number of halogens is 3. The first-order valence-corrected chi connectivity index (χ1v) is 10.4. The molecule has 0 fully saturated rings. The van der Waals surface area contributed by atoms with Crippen LogP contribution in [0.5, 0.6) is 5.75 Å². The zero-order valence-corrected chi connectivity index (χ0v) is 18.6. The first-order chi connectivity index (χ1) is 15.4. The quantitative estimate of drug-likeness (QED) is 0.445. The van der Waals surface area contributed by atoms with Gasteiger partial charge in [-0.15, -0.1) is 0 Å². The van der Waals surface area contributed by atoms with Crippen molar-refractivity contribution < 1.29 is 27.1 Å². The minimum atomic E-state index is -4.63. The number of nitrogens with one attached hydrogen (secondary N) is 1. The van der Waals surface area contributed by atoms with E-state index in [4.69, 9.17) is 14.9 Å². The predicted molar refractivity (Wildman–Crippen MR) is 119 cm³/mol. The number of benzene rings is 1. The van der Waals surface area contributed by atoms with Gasteiger partial charge in [0.2, 0.25) is 0 Å². The lowest BCUT2D eigenvalue weighted by Gasteiger charge is -2.27. The SMILES string of the molecule is CC(C)C[C@](C)(N)COc1ccc(-c2ccnc(NC(=O)c3ccco3)c2)cc1C(F)(F)F. The van der Waals surface area contributed by atoms with Crippen molar-refractivity contribution >= 4 is 11.7 Å². The summed E-state index contributed by atoms with van der Waals surface area (Å²) >= 11 is 0. The number of alkyl halides is 3. The minimum Gasteiger partial charge on any atom is -0.491 e. The molecule has 0 aliphatic carbocycles. The number of anilines is 1. The molecule has 0 bridgehead atoms. The van der Waals surface area contributed by atoms with Crippen LogP contribution in [-0.2, 0) is 6.18 Å². The van der Waals surface area contributed by atoms with E-state index in [1.807, 2.05) is 13.8 Å². The summed E-state index contributed by atoms with van der Waals surface area (Å²) in [4.78, 5) is 16.2. The van der Waals surface area contributed by atoms with Crippen molar-refractivity contribution in [1.82, 2.24) is 4.98 Å². The number of nitrogens with zero attached hydrogens (tertiary/aromatic N) is 1. The maximum absolute atomic E-state index is 13.8. The van der Waals surface area contributed by atoms with E-state index in [1.54, 1.807) is 19.1 Å². The lowest BCUT2D eigenvalue weighted by Crippen LogP contribution is -2.43. The molecule has 3 N–H and O–H groups in total. The van der Waals surface area contributed by atoms with E-state index in [9.17, 15) is 18.0 Å². The van der Waals surface area contributed by atoms with Crippen molar-refractivity contribution in [2.24, 2.45) is 11.7 Å². The topological polar surface area (TPSA) is 90.4 Å². The van der Waals surface area contributed by atoms with Crippen molar-refractivity contribution in [3.8, 4) is 16.9 Å². The van der Waals surface area contributed by atoms with E-state index in [2.05, 4.69) is 10.3 Å². The van der Waals surface area contributed by atoms with Gasteiger partial charge in [0, 0.05) is 11.7 Å². The first-order valence-electron chi connectivity index (χ1n) is 10.4. The summed E-state index contributed by atoms with van der Waals surface area (Å²) in [5, 5.41) is 2.56. The van der Waals surface area contributed by atoms with Gasteiger partial charge in [-0.3, -0.25) is 4.79 Å². The first kappa shape index (κ1) is 24.3. The summed E-state index contributed by atoms with van der Waals surface area (Å²) in [6, 6.07) is 9.91. The van der Waals surface area contributed by atoms with Gasteiger partial charge >= 0.3 is 6.18 Å². The van der Waals surface area contributed by atoms with E-state index in [1.165, 1.54) is 36.7 Å². The van der Waals surface area contributed by atoms with Crippen LogP contribution in [0.15, 0.2) is 59.3 Å². The second-order valence-electron chi connectivity index (χ2n) is 8.61. The number of hydrogen-bond acceptors (Lipinski definition) is 5. The molecule has 3 rings (SSSR count). The number of ether oxygens (including phenoxy) is 1. The van der Waals surface area contributed by atoms with Crippen molar-refractivity contribution in [3.05, 3.63) is 66.2 Å². The maximum atomic E-state index is 13.8. The maximum Gasteiger partial charge on any atom is 0.419 e. The standard InChI is InChI=1S/C24H26F3N3O3/c1-15(2)13-23(3,28)14-33-19-7-6-16(11-18(19)24(25,26)27)17-8-9-29-21(12-17)30-22(31)20-5-4-10-32-20/h4-12,15H,13-14,28H2,1-3H3,(H,29,30,31)/t23-/m0/s1. The normalized spacial score (nSPS) is 13.6. The van der Waals surface area contributed by atoms with Gasteiger partial charge in [0.25, 0.3) is 5.91 Å². The Morgan fingerprint density at radius 3 is 2.55 bits per heavy atom. The lowest BCUT2D eigenvalue weighted by atomic mass is 9.93. The molecule has 2 heterocycles. The number of pyridine rings is 1. The number of aromatic nitrogens is 1.